The van der Waals surface area contributed by atoms with Crippen LogP contribution < -0.4 is 37.9 Å². The molecule has 0 aliphatic rings. The third-order valence-corrected chi connectivity index (χ3v) is 16.9. The Bertz CT molecular complexity index is 4750. The minimum Gasteiger partial charge on any atom is -0.462 e. The van der Waals surface area contributed by atoms with E-state index < -0.39 is 95.5 Å². The number of hydrogen-bond donors (Lipinski definition) is 0. The lowest BCUT2D eigenvalue weighted by Crippen LogP contribution is -2.16. The number of carbonyl (C=O) groups excluding carboxylic acids is 16. The van der Waals surface area contributed by atoms with Gasteiger partial charge in [0, 0.05) is 55.4 Å². The van der Waals surface area contributed by atoms with Gasteiger partial charge >= 0.3 is 95.5 Å². The van der Waals surface area contributed by atoms with Gasteiger partial charge in [0.05, 0.1) is 39.6 Å². The summed E-state index contributed by atoms with van der Waals surface area (Å²) in [5.74, 6) is -7.92. The van der Waals surface area contributed by atoms with Crippen molar-refractivity contribution in [2.24, 2.45) is 0 Å². The third-order valence-electron chi connectivity index (χ3n) is 16.9. The number of unbranched alkanes of at least 4 members (excludes halogenated alkanes) is 12. The van der Waals surface area contributed by atoms with Crippen LogP contribution in [0.5, 0.6) is 46.0 Å². The van der Waals surface area contributed by atoms with Crippen molar-refractivity contribution in [3.63, 3.8) is 0 Å². The lowest BCUT2D eigenvalue weighted by molar-refractivity contribution is -0.132. The molecule has 0 atom stereocenters. The van der Waals surface area contributed by atoms with E-state index in [-0.39, 0.29) is 143 Å². The average molecular weight is 1790 g/mol. The Hall–Kier alpha value is -14.8. The molecular formula is C96H104O33. The number of esters is 16. The number of para-hydroxylation sites is 8. The molecule has 129 heavy (non-hydrogen) atoms. The molecule has 0 heterocycles. The number of rotatable bonds is 45. The smallest absolute Gasteiger partial charge is 0.342 e. The summed E-state index contributed by atoms with van der Waals surface area (Å²) in [6, 6.07) is 50.6. The number of hydrogen-bond acceptors (Lipinski definition) is 33. The third kappa shape index (κ3) is 42.2. The molecule has 0 saturated heterocycles. The minimum absolute atomic E-state index is 0.0452. The highest BCUT2D eigenvalue weighted by Crippen LogP contribution is 2.28. The topological polar surface area (TPSA) is 430 Å². The van der Waals surface area contributed by atoms with Gasteiger partial charge in [0.25, 0.3) is 0 Å². The molecule has 0 radical (unpaired) electrons. The Labute approximate surface area is 745 Å². The molecule has 0 aliphatic heterocycles. The van der Waals surface area contributed by atoms with Gasteiger partial charge in [-0.25, -0.2) is 38.4 Å². The van der Waals surface area contributed by atoms with Gasteiger partial charge in [-0.05, 0) is 136 Å². The van der Waals surface area contributed by atoms with Gasteiger partial charge in [-0.3, -0.25) is 38.4 Å². The van der Waals surface area contributed by atoms with Crippen LogP contribution in [0.25, 0.3) is 0 Å². The molecule has 33 heteroatoms. The van der Waals surface area contributed by atoms with Gasteiger partial charge in [0.1, 0.15) is 117 Å². The zero-order valence-corrected chi connectivity index (χ0v) is 72.9. The van der Waals surface area contributed by atoms with Crippen molar-refractivity contribution in [1.82, 2.24) is 0 Å². The van der Waals surface area contributed by atoms with Gasteiger partial charge < -0.3 is 80.5 Å². The Kier molecular flexibility index (Phi) is 48.7. The van der Waals surface area contributed by atoms with E-state index in [2.05, 4.69) is 0 Å². The number of benzene rings is 8. The predicted molar refractivity (Wildman–Crippen MR) is 460 cm³/mol. The highest BCUT2D eigenvalue weighted by molar-refractivity contribution is 5.98. The Balaban J connectivity index is 0.000000306. The Morgan fingerprint density at radius 2 is 0.271 bits per heavy atom. The summed E-state index contributed by atoms with van der Waals surface area (Å²) in [5, 5.41) is 0. The second kappa shape index (κ2) is 60.0. The summed E-state index contributed by atoms with van der Waals surface area (Å²) in [6.45, 7) is 10.8. The fourth-order valence-corrected chi connectivity index (χ4v) is 11.2. The minimum atomic E-state index is -0.729. The van der Waals surface area contributed by atoms with Gasteiger partial charge in [0.2, 0.25) is 0 Å². The zero-order valence-electron chi connectivity index (χ0n) is 72.9. The maximum absolute atomic E-state index is 12.2. The standard InChI is InChI=1S/C30H38O8.C24H26O8.C22H22O9.C20H18O8/c1-23(31)37-27-19-13-11-17-25(27)29(33)35-21-15-9-7-5-3-4-6-8-10-16-22-36-30(34)26-18-12-14-20-28(26)38-24(2)32;1-17(25)31-21-13-7-5-11-19(21)23(27)29-15-9-3-4-10-16-30-24(28)20-12-6-8-14-22(20)32-18(2)26;1-15(23)30-19-9-5-3-7-17(19)21(25)28-13-11-27-12-14-29-22(26)18-8-4-6-10-20(18)31-16(2)24;1-13(21)27-17-9-5-3-7-15(17)19(23)25-11-12-26-20(24)16-8-4-6-10-18(16)28-14(2)22/h11-14,17-20H,3-10,15-16,21-22H2,1-2H3;5-8,11-14H,3-4,9-10,15-16H2,1-2H3;3-10H,11-14H2,1-2H3;3-10H,11-12H2,1-2H3. The van der Waals surface area contributed by atoms with Crippen LogP contribution in [0.2, 0.25) is 0 Å². The van der Waals surface area contributed by atoms with Gasteiger partial charge in [-0.1, -0.05) is 148 Å². The SMILES string of the molecule is CC(=O)Oc1ccccc1C(=O)OCCCCCCCCCCCCOC(=O)c1ccccc1OC(C)=O.CC(=O)Oc1ccccc1C(=O)OCCCCCCOC(=O)c1ccccc1OC(C)=O.CC(=O)Oc1ccccc1C(=O)OCCOC(=O)c1ccccc1OC(C)=O.CC(=O)Oc1ccccc1C(=O)OCCOCCOC(=O)c1ccccc1OC(C)=O. The molecule has 0 fully saturated rings. The molecule has 0 unspecified atom stereocenters. The highest BCUT2D eigenvalue weighted by Gasteiger charge is 2.23. The van der Waals surface area contributed by atoms with Crippen LogP contribution in [0, 0.1) is 0 Å². The van der Waals surface area contributed by atoms with Gasteiger partial charge in [0.15, 0.2) is 0 Å². The van der Waals surface area contributed by atoms with Crippen LogP contribution in [0.1, 0.15) is 228 Å². The second-order valence-electron chi connectivity index (χ2n) is 27.4. The molecule has 33 nitrogen and oxygen atoms in total. The highest BCUT2D eigenvalue weighted by atomic mass is 16.6. The summed E-state index contributed by atoms with van der Waals surface area (Å²) in [5.41, 5.74) is 1.30. The monoisotopic (exact) mass is 1780 g/mol. The molecule has 8 aromatic rings. The molecule has 0 aliphatic carbocycles. The average Bonchev–Trinajstić information content (AvgIpc) is 0.856. The van der Waals surface area contributed by atoms with Crippen LogP contribution in [0.15, 0.2) is 194 Å². The van der Waals surface area contributed by atoms with Crippen LogP contribution in [0.4, 0.5) is 0 Å². The molecule has 0 aromatic heterocycles. The van der Waals surface area contributed by atoms with E-state index in [1.165, 1.54) is 128 Å². The molecule has 686 valence electrons. The van der Waals surface area contributed by atoms with E-state index >= 15 is 0 Å². The van der Waals surface area contributed by atoms with E-state index in [1.807, 2.05) is 0 Å². The van der Waals surface area contributed by atoms with E-state index in [0.717, 1.165) is 77.0 Å². The first-order valence-corrected chi connectivity index (χ1v) is 41.2. The number of carbonyl (C=O) groups is 16. The van der Waals surface area contributed by atoms with Gasteiger partial charge in [-0.2, -0.15) is 0 Å². The first kappa shape index (κ1) is 105. The van der Waals surface area contributed by atoms with Crippen molar-refractivity contribution >= 4 is 95.5 Å². The van der Waals surface area contributed by atoms with Crippen molar-refractivity contribution in [2.45, 2.75) is 145 Å². The fourth-order valence-electron chi connectivity index (χ4n) is 11.2. The molecule has 8 rings (SSSR count). The van der Waals surface area contributed by atoms with Crippen molar-refractivity contribution < 1.29 is 157 Å². The summed E-state index contributed by atoms with van der Waals surface area (Å²) in [6.07, 6.45) is 13.2. The molecular weight excluding hydrogens is 1680 g/mol. The molecule has 8 aromatic carbocycles. The Morgan fingerprint density at radius 1 is 0.155 bits per heavy atom. The normalized spacial score (nSPS) is 10.2. The molecule has 0 saturated carbocycles. The maximum atomic E-state index is 12.2. The van der Waals surface area contributed by atoms with Crippen LogP contribution in [-0.4, -0.2) is 162 Å². The summed E-state index contributed by atoms with van der Waals surface area (Å²) in [4.78, 5) is 186. The summed E-state index contributed by atoms with van der Waals surface area (Å²) >= 11 is 0. The molecule has 0 spiro atoms. The van der Waals surface area contributed by atoms with E-state index in [9.17, 15) is 76.7 Å². The van der Waals surface area contributed by atoms with E-state index in [4.69, 9.17) is 80.5 Å². The zero-order chi connectivity index (χ0) is 94.1. The summed E-state index contributed by atoms with van der Waals surface area (Å²) in [7, 11) is 0. The second-order valence-corrected chi connectivity index (χ2v) is 27.4. The first-order valence-electron chi connectivity index (χ1n) is 41.2. The maximum Gasteiger partial charge on any atom is 0.342 e. The molecule has 0 bridgehead atoms. The quantitative estimate of drug-likeness (QED) is 0.0148. The van der Waals surface area contributed by atoms with Crippen molar-refractivity contribution in [3.8, 4) is 46.0 Å². The van der Waals surface area contributed by atoms with Crippen LogP contribution in [-0.2, 0) is 81.0 Å². The van der Waals surface area contributed by atoms with Crippen LogP contribution in [0.3, 0.4) is 0 Å². The fraction of sp³-hybridized carbons (Fsp3) is 0.333. The Morgan fingerprint density at radius 3 is 0.411 bits per heavy atom. The van der Waals surface area contributed by atoms with Crippen molar-refractivity contribution in [2.75, 3.05) is 66.1 Å². The number of ether oxygens (including phenoxy) is 17. The van der Waals surface area contributed by atoms with E-state index in [1.54, 1.807) is 121 Å². The van der Waals surface area contributed by atoms with E-state index in [0.29, 0.717) is 26.1 Å². The van der Waals surface area contributed by atoms with Gasteiger partial charge in [-0.15, -0.1) is 0 Å². The van der Waals surface area contributed by atoms with Crippen LogP contribution >= 0.6 is 0 Å². The predicted octanol–water partition coefficient (Wildman–Crippen LogP) is 15.7. The lowest BCUT2D eigenvalue weighted by Gasteiger charge is -2.10. The molecule has 0 amide bonds. The summed E-state index contributed by atoms with van der Waals surface area (Å²) < 4.78 is 86.6. The largest absolute Gasteiger partial charge is 0.462 e. The van der Waals surface area contributed by atoms with Crippen molar-refractivity contribution in [3.05, 3.63) is 239 Å². The molecule has 0 N–H and O–H groups in total. The lowest BCUT2D eigenvalue weighted by atomic mass is 10.1. The first-order chi connectivity index (χ1) is 62.0. The van der Waals surface area contributed by atoms with Crippen molar-refractivity contribution in [1.29, 1.82) is 0 Å².